The molecular formula is C20H21BrN2O4. The molecule has 2 aromatic rings. The normalized spacial score (nSPS) is 10.8. The standard InChI is InChI=1S/C20H21BrN2O4/c1-12(2)27-10-4-9-23-19(25)16(11-22)13(3)17(20(23)26)18(24)14-5-7-15(21)8-6-14/h5-8,12,26H,4,9-10H2,1-3H3. The van der Waals surface area contributed by atoms with E-state index in [4.69, 9.17) is 4.74 Å². The highest BCUT2D eigenvalue weighted by molar-refractivity contribution is 9.10. The van der Waals surface area contributed by atoms with Crippen molar-refractivity contribution in [2.75, 3.05) is 6.61 Å². The van der Waals surface area contributed by atoms with E-state index in [-0.39, 0.29) is 29.3 Å². The molecule has 0 spiro atoms. The lowest BCUT2D eigenvalue weighted by Crippen LogP contribution is -2.27. The summed E-state index contributed by atoms with van der Waals surface area (Å²) in [6, 6.07) is 8.51. The van der Waals surface area contributed by atoms with Gasteiger partial charge >= 0.3 is 0 Å². The predicted octanol–water partition coefficient (Wildman–Crippen LogP) is 3.54. The number of hydrogen-bond donors (Lipinski definition) is 1. The van der Waals surface area contributed by atoms with Crippen LogP contribution in [0.4, 0.5) is 0 Å². The van der Waals surface area contributed by atoms with E-state index in [1.54, 1.807) is 24.3 Å². The van der Waals surface area contributed by atoms with Crippen LogP contribution >= 0.6 is 15.9 Å². The number of ether oxygens (including phenoxy) is 1. The van der Waals surface area contributed by atoms with E-state index < -0.39 is 17.2 Å². The Balaban J connectivity index is 2.49. The molecule has 0 aliphatic carbocycles. The molecule has 0 aliphatic heterocycles. The average molecular weight is 433 g/mol. The van der Waals surface area contributed by atoms with Crippen molar-refractivity contribution in [1.29, 1.82) is 5.26 Å². The fraction of sp³-hybridized carbons (Fsp3) is 0.350. The molecule has 0 aliphatic rings. The van der Waals surface area contributed by atoms with Crippen molar-refractivity contribution in [2.24, 2.45) is 0 Å². The number of aromatic hydroxyl groups is 1. The molecule has 1 aromatic heterocycles. The molecule has 0 fully saturated rings. The first-order chi connectivity index (χ1) is 12.8. The van der Waals surface area contributed by atoms with Crippen molar-refractivity contribution in [3.63, 3.8) is 0 Å². The lowest BCUT2D eigenvalue weighted by molar-refractivity contribution is 0.0743. The summed E-state index contributed by atoms with van der Waals surface area (Å²) in [5, 5.41) is 20.0. The Labute approximate surface area is 166 Å². The molecule has 0 amide bonds. The monoisotopic (exact) mass is 432 g/mol. The molecule has 1 N–H and O–H groups in total. The van der Waals surface area contributed by atoms with Gasteiger partial charge in [-0.25, -0.2) is 0 Å². The second kappa shape index (κ2) is 8.98. The van der Waals surface area contributed by atoms with Crippen LogP contribution in [0, 0.1) is 18.3 Å². The number of benzene rings is 1. The quantitative estimate of drug-likeness (QED) is 0.533. The van der Waals surface area contributed by atoms with E-state index in [9.17, 15) is 20.0 Å². The summed E-state index contributed by atoms with van der Waals surface area (Å²) in [6.45, 7) is 5.84. The molecule has 142 valence electrons. The molecule has 0 saturated heterocycles. The van der Waals surface area contributed by atoms with Gasteiger partial charge in [-0.3, -0.25) is 14.2 Å². The summed E-state index contributed by atoms with van der Waals surface area (Å²) in [6.07, 6.45) is 0.517. The van der Waals surface area contributed by atoms with Crippen molar-refractivity contribution in [1.82, 2.24) is 4.57 Å². The number of hydrogen-bond acceptors (Lipinski definition) is 5. The number of pyridine rings is 1. The van der Waals surface area contributed by atoms with Gasteiger partial charge < -0.3 is 9.84 Å². The summed E-state index contributed by atoms with van der Waals surface area (Å²) >= 11 is 3.31. The van der Waals surface area contributed by atoms with Crippen LogP contribution in [-0.4, -0.2) is 28.2 Å². The van der Waals surface area contributed by atoms with Crippen LogP contribution in [0.15, 0.2) is 33.5 Å². The van der Waals surface area contributed by atoms with Crippen LogP contribution in [0.3, 0.4) is 0 Å². The zero-order valence-electron chi connectivity index (χ0n) is 15.5. The summed E-state index contributed by atoms with van der Waals surface area (Å²) in [4.78, 5) is 25.5. The number of halogens is 1. The average Bonchev–Trinajstić information content (AvgIpc) is 2.61. The Kier molecular flexibility index (Phi) is 6.94. The molecule has 1 aromatic carbocycles. The number of aromatic nitrogens is 1. The van der Waals surface area contributed by atoms with Gasteiger partial charge in [0, 0.05) is 23.2 Å². The Morgan fingerprint density at radius 2 is 1.96 bits per heavy atom. The Morgan fingerprint density at radius 3 is 2.52 bits per heavy atom. The van der Waals surface area contributed by atoms with Crippen LogP contribution in [0.25, 0.3) is 0 Å². The third-order valence-corrected chi connectivity index (χ3v) is 4.64. The van der Waals surface area contributed by atoms with E-state index in [1.165, 1.54) is 6.92 Å². The highest BCUT2D eigenvalue weighted by Crippen LogP contribution is 2.25. The van der Waals surface area contributed by atoms with Crippen LogP contribution in [0.5, 0.6) is 5.88 Å². The van der Waals surface area contributed by atoms with Crippen molar-refractivity contribution < 1.29 is 14.6 Å². The number of nitriles is 1. The highest BCUT2D eigenvalue weighted by Gasteiger charge is 2.24. The zero-order chi connectivity index (χ0) is 20.1. The number of carbonyl (C=O) groups is 1. The number of ketones is 1. The Bertz CT molecular complexity index is 940. The first-order valence-electron chi connectivity index (χ1n) is 8.56. The van der Waals surface area contributed by atoms with Crippen molar-refractivity contribution in [3.05, 3.63) is 61.3 Å². The van der Waals surface area contributed by atoms with Crippen LogP contribution < -0.4 is 5.56 Å². The van der Waals surface area contributed by atoms with Crippen molar-refractivity contribution in [3.8, 4) is 11.9 Å². The molecule has 7 heteroatoms. The summed E-state index contributed by atoms with van der Waals surface area (Å²) in [7, 11) is 0. The van der Waals surface area contributed by atoms with Gasteiger partial charge in [0.15, 0.2) is 5.78 Å². The second-order valence-electron chi connectivity index (χ2n) is 6.38. The van der Waals surface area contributed by atoms with E-state index in [1.807, 2.05) is 19.9 Å². The van der Waals surface area contributed by atoms with Gasteiger partial charge in [-0.1, -0.05) is 15.9 Å². The van der Waals surface area contributed by atoms with Gasteiger partial charge in [0.1, 0.15) is 11.6 Å². The van der Waals surface area contributed by atoms with Gasteiger partial charge in [0.2, 0.25) is 5.88 Å². The molecule has 1 heterocycles. The van der Waals surface area contributed by atoms with Crippen LogP contribution in [0.1, 0.15) is 47.3 Å². The summed E-state index contributed by atoms with van der Waals surface area (Å²) in [5.41, 5.74) is -0.239. The molecule has 2 rings (SSSR count). The summed E-state index contributed by atoms with van der Waals surface area (Å²) < 4.78 is 7.33. The van der Waals surface area contributed by atoms with Gasteiger partial charge in [-0.05, 0) is 57.0 Å². The third-order valence-electron chi connectivity index (χ3n) is 4.11. The van der Waals surface area contributed by atoms with E-state index in [0.717, 1.165) is 9.04 Å². The Morgan fingerprint density at radius 1 is 1.33 bits per heavy atom. The lowest BCUT2D eigenvalue weighted by atomic mass is 9.97. The smallest absolute Gasteiger partial charge is 0.271 e. The highest BCUT2D eigenvalue weighted by atomic mass is 79.9. The molecule has 0 saturated carbocycles. The molecule has 0 radical (unpaired) electrons. The van der Waals surface area contributed by atoms with E-state index in [2.05, 4.69) is 15.9 Å². The maximum Gasteiger partial charge on any atom is 0.271 e. The lowest BCUT2D eigenvalue weighted by Gasteiger charge is -2.16. The number of nitrogens with zero attached hydrogens (tertiary/aromatic N) is 2. The second-order valence-corrected chi connectivity index (χ2v) is 7.29. The van der Waals surface area contributed by atoms with Crippen molar-refractivity contribution in [2.45, 2.75) is 39.8 Å². The van der Waals surface area contributed by atoms with Gasteiger partial charge in [-0.15, -0.1) is 0 Å². The van der Waals surface area contributed by atoms with Gasteiger partial charge in [-0.2, -0.15) is 5.26 Å². The molecule has 0 bridgehead atoms. The molecule has 0 atom stereocenters. The summed E-state index contributed by atoms with van der Waals surface area (Å²) in [5.74, 6) is -0.866. The van der Waals surface area contributed by atoms with Crippen molar-refractivity contribution >= 4 is 21.7 Å². The van der Waals surface area contributed by atoms with Gasteiger partial charge in [0.25, 0.3) is 5.56 Å². The predicted molar refractivity (Wildman–Crippen MR) is 105 cm³/mol. The third kappa shape index (κ3) is 4.65. The maximum absolute atomic E-state index is 12.9. The largest absolute Gasteiger partial charge is 0.494 e. The number of carbonyl (C=O) groups excluding carboxylic acids is 1. The molecule has 6 nitrogen and oxygen atoms in total. The maximum atomic E-state index is 12.9. The minimum atomic E-state index is -0.607. The minimum absolute atomic E-state index is 0.0294. The zero-order valence-corrected chi connectivity index (χ0v) is 17.0. The van der Waals surface area contributed by atoms with E-state index in [0.29, 0.717) is 18.6 Å². The number of rotatable bonds is 7. The first kappa shape index (κ1) is 20.9. The fourth-order valence-corrected chi connectivity index (χ4v) is 2.98. The minimum Gasteiger partial charge on any atom is -0.494 e. The molecule has 0 unspecified atom stereocenters. The molecule has 27 heavy (non-hydrogen) atoms. The molecular weight excluding hydrogens is 412 g/mol. The first-order valence-corrected chi connectivity index (χ1v) is 9.35. The Hall–Kier alpha value is -2.43. The van der Waals surface area contributed by atoms with Gasteiger partial charge in [0.05, 0.1) is 11.7 Å². The SMILES string of the molecule is Cc1c(C(=O)c2ccc(Br)cc2)c(O)n(CCCOC(C)C)c(=O)c1C#N. The topological polar surface area (TPSA) is 92.3 Å². The van der Waals surface area contributed by atoms with Crippen LogP contribution in [0.2, 0.25) is 0 Å². The van der Waals surface area contributed by atoms with E-state index >= 15 is 0 Å². The fourth-order valence-electron chi connectivity index (χ4n) is 2.72. The van der Waals surface area contributed by atoms with Crippen LogP contribution in [-0.2, 0) is 11.3 Å².